The van der Waals surface area contributed by atoms with Crippen molar-refractivity contribution in [2.75, 3.05) is 13.7 Å². The first kappa shape index (κ1) is 8.62. The molecule has 3 nitrogen and oxygen atoms in total. The van der Waals surface area contributed by atoms with E-state index in [1.54, 1.807) is 0 Å². The largest absolute Gasteiger partial charge is 0.327 e. The SMILES string of the molecule is COP1(=S)OCCC(C)O1. The van der Waals surface area contributed by atoms with E-state index in [4.69, 9.17) is 25.4 Å². The average Bonchev–Trinajstić information content (AvgIpc) is 1.88. The average molecular weight is 182 g/mol. The minimum atomic E-state index is -2.32. The van der Waals surface area contributed by atoms with Crippen molar-refractivity contribution in [1.82, 2.24) is 0 Å². The van der Waals surface area contributed by atoms with Crippen LogP contribution in [-0.4, -0.2) is 19.8 Å². The van der Waals surface area contributed by atoms with Crippen LogP contribution < -0.4 is 0 Å². The maximum absolute atomic E-state index is 5.30. The Morgan fingerprint density at radius 3 is 2.80 bits per heavy atom. The van der Waals surface area contributed by atoms with Gasteiger partial charge >= 0.3 is 6.72 Å². The molecule has 0 N–H and O–H groups in total. The Morgan fingerprint density at radius 2 is 2.40 bits per heavy atom. The van der Waals surface area contributed by atoms with Gasteiger partial charge < -0.3 is 13.6 Å². The lowest BCUT2D eigenvalue weighted by Gasteiger charge is -2.28. The predicted molar refractivity (Wildman–Crippen MR) is 42.4 cm³/mol. The fourth-order valence-corrected chi connectivity index (χ4v) is 2.52. The van der Waals surface area contributed by atoms with E-state index in [9.17, 15) is 0 Å². The third kappa shape index (κ3) is 2.01. The molecule has 1 heterocycles. The minimum Gasteiger partial charge on any atom is -0.312 e. The second-order valence-electron chi connectivity index (χ2n) is 2.17. The highest BCUT2D eigenvalue weighted by molar-refractivity contribution is 8.07. The molecule has 0 aromatic carbocycles. The van der Waals surface area contributed by atoms with E-state index in [2.05, 4.69) is 0 Å². The summed E-state index contributed by atoms with van der Waals surface area (Å²) in [5.74, 6) is 0. The predicted octanol–water partition coefficient (Wildman–Crippen LogP) is 1.68. The molecule has 0 radical (unpaired) electrons. The first-order chi connectivity index (χ1) is 4.66. The fourth-order valence-electron chi connectivity index (χ4n) is 0.730. The van der Waals surface area contributed by atoms with Crippen LogP contribution in [0.3, 0.4) is 0 Å². The monoisotopic (exact) mass is 182 g/mol. The van der Waals surface area contributed by atoms with Crippen molar-refractivity contribution < 1.29 is 13.6 Å². The smallest absolute Gasteiger partial charge is 0.312 e. The van der Waals surface area contributed by atoms with Crippen LogP contribution in [0.2, 0.25) is 0 Å². The fraction of sp³-hybridized carbons (Fsp3) is 1.00. The lowest BCUT2D eigenvalue weighted by Crippen LogP contribution is -2.17. The van der Waals surface area contributed by atoms with Gasteiger partial charge in [0.1, 0.15) is 0 Å². The summed E-state index contributed by atoms with van der Waals surface area (Å²) in [7, 11) is 1.53. The van der Waals surface area contributed by atoms with Gasteiger partial charge in [-0.3, -0.25) is 0 Å². The molecule has 2 atom stereocenters. The van der Waals surface area contributed by atoms with E-state index in [1.165, 1.54) is 7.11 Å². The van der Waals surface area contributed by atoms with E-state index in [1.807, 2.05) is 6.92 Å². The van der Waals surface area contributed by atoms with Crippen LogP contribution in [-0.2, 0) is 25.4 Å². The Bertz CT molecular complexity index is 161. The van der Waals surface area contributed by atoms with E-state index in [0.29, 0.717) is 6.61 Å². The van der Waals surface area contributed by atoms with Crippen molar-refractivity contribution in [2.24, 2.45) is 0 Å². The zero-order valence-corrected chi connectivity index (χ0v) is 7.78. The van der Waals surface area contributed by atoms with Crippen molar-refractivity contribution in [3.05, 3.63) is 0 Å². The summed E-state index contributed by atoms with van der Waals surface area (Å²) in [4.78, 5) is 0. The van der Waals surface area contributed by atoms with E-state index in [-0.39, 0.29) is 6.10 Å². The Kier molecular flexibility index (Phi) is 2.83. The molecular formula is C5H11O3PS. The van der Waals surface area contributed by atoms with Gasteiger partial charge in [0.05, 0.1) is 12.7 Å². The summed E-state index contributed by atoms with van der Waals surface area (Å²) in [6.07, 6.45) is 1.08. The normalized spacial score (nSPS) is 41.6. The third-order valence-corrected chi connectivity index (χ3v) is 3.89. The summed E-state index contributed by atoms with van der Waals surface area (Å²) in [6, 6.07) is 0. The Labute approximate surface area is 65.9 Å². The van der Waals surface area contributed by atoms with Crippen molar-refractivity contribution in [3.8, 4) is 0 Å². The van der Waals surface area contributed by atoms with Crippen LogP contribution in [0.25, 0.3) is 0 Å². The molecule has 0 amide bonds. The topological polar surface area (TPSA) is 27.7 Å². The van der Waals surface area contributed by atoms with Crippen LogP contribution >= 0.6 is 6.72 Å². The lowest BCUT2D eigenvalue weighted by molar-refractivity contribution is 0.0780. The maximum atomic E-state index is 5.30. The molecule has 60 valence electrons. The van der Waals surface area contributed by atoms with Crippen LogP contribution in [0.4, 0.5) is 0 Å². The molecule has 2 unspecified atom stereocenters. The zero-order valence-electron chi connectivity index (χ0n) is 6.07. The standard InChI is InChI=1S/C5H11O3PS/c1-5-3-4-7-9(10,6-2)8-5/h5H,3-4H2,1-2H3. The minimum absolute atomic E-state index is 0.180. The molecule has 10 heavy (non-hydrogen) atoms. The highest BCUT2D eigenvalue weighted by atomic mass is 32.5. The Morgan fingerprint density at radius 1 is 1.70 bits per heavy atom. The van der Waals surface area contributed by atoms with Gasteiger partial charge in [0.25, 0.3) is 0 Å². The molecule has 0 aromatic rings. The van der Waals surface area contributed by atoms with Gasteiger partial charge in [-0.2, -0.15) is 0 Å². The molecule has 1 rings (SSSR count). The van der Waals surface area contributed by atoms with E-state index >= 15 is 0 Å². The number of rotatable bonds is 1. The maximum Gasteiger partial charge on any atom is 0.327 e. The van der Waals surface area contributed by atoms with Crippen molar-refractivity contribution in [1.29, 1.82) is 0 Å². The quantitative estimate of drug-likeness (QED) is 0.577. The summed E-state index contributed by atoms with van der Waals surface area (Å²) >= 11 is 4.98. The van der Waals surface area contributed by atoms with Crippen LogP contribution in [0.5, 0.6) is 0 Å². The molecule has 1 aliphatic heterocycles. The van der Waals surface area contributed by atoms with Crippen molar-refractivity contribution in [2.45, 2.75) is 19.4 Å². The van der Waals surface area contributed by atoms with Crippen LogP contribution in [0.1, 0.15) is 13.3 Å². The van der Waals surface area contributed by atoms with Crippen molar-refractivity contribution in [3.63, 3.8) is 0 Å². The molecule has 1 aliphatic rings. The third-order valence-electron chi connectivity index (χ3n) is 1.31. The van der Waals surface area contributed by atoms with Crippen LogP contribution in [0.15, 0.2) is 0 Å². The van der Waals surface area contributed by atoms with Gasteiger partial charge in [-0.1, -0.05) is 0 Å². The van der Waals surface area contributed by atoms with Gasteiger partial charge in [0.15, 0.2) is 0 Å². The second kappa shape index (κ2) is 3.28. The van der Waals surface area contributed by atoms with Crippen molar-refractivity contribution >= 4 is 18.5 Å². The number of hydrogen-bond donors (Lipinski definition) is 0. The molecule has 0 spiro atoms. The second-order valence-corrected chi connectivity index (χ2v) is 5.24. The highest BCUT2D eigenvalue weighted by Gasteiger charge is 2.26. The van der Waals surface area contributed by atoms with Gasteiger partial charge in [-0.15, -0.1) is 0 Å². The summed E-state index contributed by atoms with van der Waals surface area (Å²) in [5.41, 5.74) is 0. The Hall–Kier alpha value is 0.530. The van der Waals surface area contributed by atoms with Crippen LogP contribution in [0, 0.1) is 0 Å². The molecule has 0 bridgehead atoms. The molecule has 5 heteroatoms. The van der Waals surface area contributed by atoms with Gasteiger partial charge in [-0.05, 0) is 25.2 Å². The first-order valence-corrected chi connectivity index (χ1v) is 5.70. The molecule has 0 saturated carbocycles. The zero-order chi connectivity index (χ0) is 7.61. The molecule has 0 aliphatic carbocycles. The van der Waals surface area contributed by atoms with E-state index < -0.39 is 6.72 Å². The first-order valence-electron chi connectivity index (χ1n) is 3.15. The molecule has 1 fully saturated rings. The molecule has 1 saturated heterocycles. The molecule has 0 aromatic heterocycles. The summed E-state index contributed by atoms with van der Waals surface area (Å²) < 4.78 is 15.4. The van der Waals surface area contributed by atoms with Gasteiger partial charge in [0, 0.05) is 7.11 Å². The highest BCUT2D eigenvalue weighted by Crippen LogP contribution is 2.52. The van der Waals surface area contributed by atoms with Gasteiger partial charge in [0.2, 0.25) is 0 Å². The van der Waals surface area contributed by atoms with E-state index in [0.717, 1.165) is 6.42 Å². The summed E-state index contributed by atoms with van der Waals surface area (Å²) in [5, 5.41) is 0. The summed E-state index contributed by atoms with van der Waals surface area (Å²) in [6.45, 7) is 0.317. The van der Waals surface area contributed by atoms with Gasteiger partial charge in [-0.25, -0.2) is 0 Å². The lowest BCUT2D eigenvalue weighted by atomic mass is 10.3. The molecular weight excluding hydrogens is 171 g/mol. The number of hydrogen-bond acceptors (Lipinski definition) is 4. The Balaban J connectivity index is 2.54.